The molecular formula is C20H26N2OS. The monoisotopic (exact) mass is 342 g/mol. The van der Waals surface area contributed by atoms with Gasteiger partial charge in [-0.25, -0.2) is 4.98 Å². The smallest absolute Gasteiger partial charge is 0.225 e. The van der Waals surface area contributed by atoms with Crippen molar-refractivity contribution in [2.45, 2.75) is 58.9 Å². The van der Waals surface area contributed by atoms with Gasteiger partial charge in [0.2, 0.25) is 5.91 Å². The van der Waals surface area contributed by atoms with Gasteiger partial charge in [-0.3, -0.25) is 4.79 Å². The molecule has 2 atom stereocenters. The fourth-order valence-electron chi connectivity index (χ4n) is 3.46. The first-order chi connectivity index (χ1) is 11.5. The van der Waals surface area contributed by atoms with Crippen molar-refractivity contribution < 1.29 is 4.79 Å². The summed E-state index contributed by atoms with van der Waals surface area (Å²) < 4.78 is 0. The number of aromatic nitrogens is 1. The molecule has 1 amide bonds. The number of thiazole rings is 1. The van der Waals surface area contributed by atoms with Gasteiger partial charge in [0.25, 0.3) is 0 Å². The Morgan fingerprint density at radius 3 is 2.62 bits per heavy atom. The van der Waals surface area contributed by atoms with Crippen molar-refractivity contribution in [1.82, 2.24) is 10.3 Å². The molecular weight excluding hydrogens is 316 g/mol. The maximum Gasteiger partial charge on any atom is 0.225 e. The summed E-state index contributed by atoms with van der Waals surface area (Å²) in [6.07, 6.45) is 5.28. The molecule has 1 aromatic carbocycles. The Balaban J connectivity index is 1.73. The molecule has 24 heavy (non-hydrogen) atoms. The van der Waals surface area contributed by atoms with E-state index in [1.54, 1.807) is 11.3 Å². The number of benzene rings is 1. The summed E-state index contributed by atoms with van der Waals surface area (Å²) in [6.45, 7) is 6.33. The van der Waals surface area contributed by atoms with E-state index in [1.807, 2.05) is 6.92 Å². The third kappa shape index (κ3) is 4.04. The Bertz CT molecular complexity index is 705. The minimum Gasteiger partial charge on any atom is -0.353 e. The first kappa shape index (κ1) is 17.2. The van der Waals surface area contributed by atoms with Gasteiger partial charge >= 0.3 is 0 Å². The highest BCUT2D eigenvalue weighted by Crippen LogP contribution is 2.29. The first-order valence-electron chi connectivity index (χ1n) is 8.85. The molecule has 1 aromatic heterocycles. The minimum atomic E-state index is 0.130. The fourth-order valence-corrected chi connectivity index (χ4v) is 4.42. The van der Waals surface area contributed by atoms with Crippen LogP contribution in [0.25, 0.3) is 11.3 Å². The number of nitrogens with one attached hydrogen (secondary N) is 1. The van der Waals surface area contributed by atoms with E-state index in [1.165, 1.54) is 24.8 Å². The summed E-state index contributed by atoms with van der Waals surface area (Å²) in [7, 11) is 0. The van der Waals surface area contributed by atoms with Crippen LogP contribution in [0.15, 0.2) is 24.3 Å². The lowest BCUT2D eigenvalue weighted by Crippen LogP contribution is -2.41. The average molecular weight is 343 g/mol. The van der Waals surface area contributed by atoms with Crippen LogP contribution in [0.1, 0.15) is 48.1 Å². The highest BCUT2D eigenvalue weighted by atomic mass is 32.1. The van der Waals surface area contributed by atoms with Crippen LogP contribution >= 0.6 is 11.3 Å². The number of hydrogen-bond donors (Lipinski definition) is 1. The van der Waals surface area contributed by atoms with Gasteiger partial charge in [0, 0.05) is 16.5 Å². The third-order valence-corrected chi connectivity index (χ3v) is 5.88. The van der Waals surface area contributed by atoms with E-state index in [0.29, 0.717) is 18.4 Å². The fraction of sp³-hybridized carbons (Fsp3) is 0.500. The molecule has 4 heteroatoms. The van der Waals surface area contributed by atoms with Crippen molar-refractivity contribution >= 4 is 17.2 Å². The van der Waals surface area contributed by atoms with E-state index in [0.717, 1.165) is 27.6 Å². The van der Waals surface area contributed by atoms with Crippen LogP contribution in [0.2, 0.25) is 0 Å². The van der Waals surface area contributed by atoms with Gasteiger partial charge in [-0.1, -0.05) is 49.6 Å². The largest absolute Gasteiger partial charge is 0.353 e. The molecule has 2 unspecified atom stereocenters. The first-order valence-corrected chi connectivity index (χ1v) is 9.67. The standard InChI is InChI=1S/C20H26N2OS/c1-13-8-10-16(11-9-13)20-18(24-15(3)21-20)12-19(23)22-17-7-5-4-6-14(17)2/h8-11,14,17H,4-7,12H2,1-3H3,(H,22,23). The van der Waals surface area contributed by atoms with Gasteiger partial charge in [0.15, 0.2) is 0 Å². The van der Waals surface area contributed by atoms with Gasteiger partial charge in [0.1, 0.15) is 0 Å². The Kier molecular flexibility index (Phi) is 5.34. The van der Waals surface area contributed by atoms with E-state index in [2.05, 4.69) is 48.4 Å². The third-order valence-electron chi connectivity index (χ3n) is 4.91. The SMILES string of the molecule is Cc1ccc(-c2nc(C)sc2CC(=O)NC2CCCCC2C)cc1. The molecule has 0 spiro atoms. The molecule has 0 bridgehead atoms. The molecule has 0 radical (unpaired) electrons. The molecule has 1 heterocycles. The second kappa shape index (κ2) is 7.47. The lowest BCUT2D eigenvalue weighted by molar-refractivity contribution is -0.121. The lowest BCUT2D eigenvalue weighted by Gasteiger charge is -2.29. The van der Waals surface area contributed by atoms with Crippen LogP contribution in [-0.4, -0.2) is 16.9 Å². The van der Waals surface area contributed by atoms with Gasteiger partial charge in [-0.2, -0.15) is 0 Å². The predicted octanol–water partition coefficient (Wildman–Crippen LogP) is 4.66. The highest BCUT2D eigenvalue weighted by Gasteiger charge is 2.23. The molecule has 1 aliphatic rings. The maximum absolute atomic E-state index is 12.5. The summed E-state index contributed by atoms with van der Waals surface area (Å²) in [5.41, 5.74) is 3.29. The van der Waals surface area contributed by atoms with E-state index in [-0.39, 0.29) is 5.91 Å². The van der Waals surface area contributed by atoms with Crippen LogP contribution in [-0.2, 0) is 11.2 Å². The molecule has 0 saturated heterocycles. The van der Waals surface area contributed by atoms with Crippen molar-refractivity contribution in [2.75, 3.05) is 0 Å². The summed E-state index contributed by atoms with van der Waals surface area (Å²) in [5, 5.41) is 4.27. The second-order valence-corrected chi connectivity index (χ2v) is 8.27. The maximum atomic E-state index is 12.5. The van der Waals surface area contributed by atoms with Gasteiger partial charge in [-0.15, -0.1) is 11.3 Å². The number of hydrogen-bond acceptors (Lipinski definition) is 3. The molecule has 128 valence electrons. The Labute approximate surface area is 148 Å². The number of aryl methyl sites for hydroxylation is 2. The van der Waals surface area contributed by atoms with Crippen LogP contribution in [0, 0.1) is 19.8 Å². The zero-order chi connectivity index (χ0) is 17.1. The Hall–Kier alpha value is -1.68. The molecule has 1 saturated carbocycles. The molecule has 1 aliphatic carbocycles. The van der Waals surface area contributed by atoms with Gasteiger partial charge < -0.3 is 5.32 Å². The van der Waals surface area contributed by atoms with Crippen molar-refractivity contribution in [2.24, 2.45) is 5.92 Å². The predicted molar refractivity (Wildman–Crippen MR) is 100 cm³/mol. The molecule has 0 aliphatic heterocycles. The van der Waals surface area contributed by atoms with E-state index < -0.39 is 0 Å². The second-order valence-electron chi connectivity index (χ2n) is 6.98. The van der Waals surface area contributed by atoms with E-state index in [4.69, 9.17) is 0 Å². The zero-order valence-corrected chi connectivity index (χ0v) is 15.6. The average Bonchev–Trinajstić information content (AvgIpc) is 2.90. The summed E-state index contributed by atoms with van der Waals surface area (Å²) in [4.78, 5) is 18.3. The number of rotatable bonds is 4. The number of carbonyl (C=O) groups excluding carboxylic acids is 1. The molecule has 2 aromatic rings. The molecule has 3 rings (SSSR count). The topological polar surface area (TPSA) is 42.0 Å². The Morgan fingerprint density at radius 1 is 1.21 bits per heavy atom. The highest BCUT2D eigenvalue weighted by molar-refractivity contribution is 7.12. The number of nitrogens with zero attached hydrogens (tertiary/aromatic N) is 1. The number of carbonyl (C=O) groups is 1. The Morgan fingerprint density at radius 2 is 1.92 bits per heavy atom. The van der Waals surface area contributed by atoms with E-state index >= 15 is 0 Å². The lowest BCUT2D eigenvalue weighted by atomic mass is 9.86. The summed E-state index contributed by atoms with van der Waals surface area (Å²) in [6, 6.07) is 8.71. The minimum absolute atomic E-state index is 0.130. The van der Waals surface area contributed by atoms with Crippen molar-refractivity contribution in [3.05, 3.63) is 39.7 Å². The summed E-state index contributed by atoms with van der Waals surface area (Å²) >= 11 is 1.63. The quantitative estimate of drug-likeness (QED) is 0.878. The normalized spacial score (nSPS) is 20.8. The van der Waals surface area contributed by atoms with Crippen molar-refractivity contribution in [3.63, 3.8) is 0 Å². The van der Waals surface area contributed by atoms with Gasteiger partial charge in [0.05, 0.1) is 17.1 Å². The molecule has 3 nitrogen and oxygen atoms in total. The van der Waals surface area contributed by atoms with Crippen LogP contribution in [0.3, 0.4) is 0 Å². The van der Waals surface area contributed by atoms with E-state index in [9.17, 15) is 4.79 Å². The van der Waals surface area contributed by atoms with Crippen molar-refractivity contribution in [3.8, 4) is 11.3 Å². The number of amides is 1. The van der Waals surface area contributed by atoms with Crippen LogP contribution < -0.4 is 5.32 Å². The molecule has 1 N–H and O–H groups in total. The molecule has 1 fully saturated rings. The van der Waals surface area contributed by atoms with Crippen LogP contribution in [0.4, 0.5) is 0 Å². The van der Waals surface area contributed by atoms with Crippen LogP contribution in [0.5, 0.6) is 0 Å². The zero-order valence-electron chi connectivity index (χ0n) is 14.8. The van der Waals surface area contributed by atoms with Crippen molar-refractivity contribution in [1.29, 1.82) is 0 Å². The summed E-state index contributed by atoms with van der Waals surface area (Å²) in [5.74, 6) is 0.716. The van der Waals surface area contributed by atoms with Gasteiger partial charge in [-0.05, 0) is 32.6 Å².